The van der Waals surface area contributed by atoms with Gasteiger partial charge in [-0.3, -0.25) is 9.69 Å². The molecule has 1 aromatic carbocycles. The maximum absolute atomic E-state index is 13.2. The van der Waals surface area contributed by atoms with E-state index in [4.69, 9.17) is 10.5 Å². The van der Waals surface area contributed by atoms with E-state index in [2.05, 4.69) is 12.0 Å². The van der Waals surface area contributed by atoms with Gasteiger partial charge in [-0.05, 0) is 13.0 Å². The third-order valence-electron chi connectivity index (χ3n) is 2.23. The molecular formula is C12H9FN2O2. The summed E-state index contributed by atoms with van der Waals surface area (Å²) in [6.45, 7) is 1.63. The van der Waals surface area contributed by atoms with Crippen LogP contribution in [0, 0.1) is 17.8 Å². The Morgan fingerprint density at radius 1 is 1.53 bits per heavy atom. The summed E-state index contributed by atoms with van der Waals surface area (Å²) in [4.78, 5) is 12.2. The van der Waals surface area contributed by atoms with E-state index in [1.165, 1.54) is 17.2 Å². The molecule has 5 heteroatoms. The molecule has 0 saturated carbocycles. The SMILES string of the molecule is CC#CN1C(C=O)=COc2cc(F)c(N)cc21. The highest BCUT2D eigenvalue weighted by molar-refractivity contribution is 5.86. The number of hydrogen-bond acceptors (Lipinski definition) is 4. The van der Waals surface area contributed by atoms with Crippen LogP contribution in [0.3, 0.4) is 0 Å². The largest absolute Gasteiger partial charge is 0.460 e. The van der Waals surface area contributed by atoms with Crippen LogP contribution in [-0.4, -0.2) is 6.29 Å². The number of fused-ring (bicyclic) bond motifs is 1. The molecule has 0 amide bonds. The van der Waals surface area contributed by atoms with Gasteiger partial charge in [-0.1, -0.05) is 5.92 Å². The van der Waals surface area contributed by atoms with Crippen LogP contribution in [-0.2, 0) is 4.79 Å². The van der Waals surface area contributed by atoms with Gasteiger partial charge in [0.2, 0.25) is 0 Å². The summed E-state index contributed by atoms with van der Waals surface area (Å²) in [5.74, 6) is 2.36. The number of anilines is 2. The van der Waals surface area contributed by atoms with Gasteiger partial charge in [0.05, 0.1) is 11.4 Å². The van der Waals surface area contributed by atoms with Gasteiger partial charge in [0.15, 0.2) is 12.0 Å². The van der Waals surface area contributed by atoms with Gasteiger partial charge in [-0.25, -0.2) is 4.39 Å². The second kappa shape index (κ2) is 4.18. The van der Waals surface area contributed by atoms with Crippen molar-refractivity contribution in [3.05, 3.63) is 29.9 Å². The van der Waals surface area contributed by atoms with Gasteiger partial charge in [0.1, 0.15) is 17.8 Å². The molecule has 86 valence electrons. The molecule has 1 heterocycles. The Morgan fingerprint density at radius 3 is 2.94 bits per heavy atom. The lowest BCUT2D eigenvalue weighted by molar-refractivity contribution is -0.105. The fraction of sp³-hybridized carbons (Fsp3) is 0.0833. The Labute approximate surface area is 97.5 Å². The molecule has 2 rings (SSSR count). The minimum Gasteiger partial charge on any atom is -0.460 e. The number of nitrogens with two attached hydrogens (primary N) is 1. The van der Waals surface area contributed by atoms with Crippen molar-refractivity contribution in [3.63, 3.8) is 0 Å². The molecule has 1 aromatic rings. The lowest BCUT2D eigenvalue weighted by Gasteiger charge is -2.24. The zero-order valence-corrected chi connectivity index (χ0v) is 9.03. The summed E-state index contributed by atoms with van der Waals surface area (Å²) in [6.07, 6.45) is 1.82. The van der Waals surface area contributed by atoms with E-state index in [0.717, 1.165) is 6.07 Å². The standard InChI is InChI=1S/C12H9FN2O2/c1-2-3-15-8(6-16)7-17-12-4-9(13)10(14)5-11(12)15/h4-7H,14H2,1H3. The first-order chi connectivity index (χ1) is 8.17. The van der Waals surface area contributed by atoms with E-state index in [9.17, 15) is 9.18 Å². The van der Waals surface area contributed by atoms with E-state index in [1.54, 1.807) is 6.92 Å². The van der Waals surface area contributed by atoms with Crippen molar-refractivity contribution >= 4 is 17.7 Å². The van der Waals surface area contributed by atoms with Crippen molar-refractivity contribution < 1.29 is 13.9 Å². The fourth-order valence-electron chi connectivity index (χ4n) is 1.46. The average molecular weight is 232 g/mol. The number of carbonyl (C=O) groups excluding carboxylic acids is 1. The van der Waals surface area contributed by atoms with Gasteiger partial charge in [0.25, 0.3) is 0 Å². The third kappa shape index (κ3) is 1.81. The van der Waals surface area contributed by atoms with Crippen LogP contribution in [0.2, 0.25) is 0 Å². The van der Waals surface area contributed by atoms with Gasteiger partial charge in [-0.2, -0.15) is 0 Å². The highest BCUT2D eigenvalue weighted by Crippen LogP contribution is 2.36. The molecule has 0 spiro atoms. The van der Waals surface area contributed by atoms with E-state index in [0.29, 0.717) is 12.0 Å². The minimum absolute atomic E-state index is 0.0256. The molecule has 1 aliphatic heterocycles. The molecule has 0 aromatic heterocycles. The number of aldehydes is 1. The Balaban J connectivity index is 2.59. The number of hydrogen-bond donors (Lipinski definition) is 1. The molecule has 0 radical (unpaired) electrons. The number of halogens is 1. The summed E-state index contributed by atoms with van der Waals surface area (Å²) in [5, 5.41) is 0. The van der Waals surface area contributed by atoms with Crippen LogP contribution in [0.25, 0.3) is 0 Å². The molecule has 0 saturated heterocycles. The normalized spacial score (nSPS) is 12.8. The number of allylic oxidation sites excluding steroid dienone is 1. The number of carbonyl (C=O) groups is 1. The maximum atomic E-state index is 13.2. The molecule has 0 unspecified atom stereocenters. The first-order valence-electron chi connectivity index (χ1n) is 4.81. The predicted octanol–water partition coefficient (Wildman–Crippen LogP) is 1.63. The van der Waals surface area contributed by atoms with Crippen LogP contribution < -0.4 is 15.4 Å². The molecule has 0 atom stereocenters. The molecular weight excluding hydrogens is 223 g/mol. The van der Waals surface area contributed by atoms with Crippen LogP contribution in [0.15, 0.2) is 24.1 Å². The van der Waals surface area contributed by atoms with Gasteiger partial charge >= 0.3 is 0 Å². The lowest BCUT2D eigenvalue weighted by Crippen LogP contribution is -2.22. The van der Waals surface area contributed by atoms with Gasteiger partial charge in [0, 0.05) is 12.1 Å². The summed E-state index contributed by atoms with van der Waals surface area (Å²) in [5.41, 5.74) is 6.13. The Hall–Kier alpha value is -2.48. The van der Waals surface area contributed by atoms with Crippen molar-refractivity contribution in [1.29, 1.82) is 0 Å². The van der Waals surface area contributed by atoms with Crippen LogP contribution in [0.5, 0.6) is 5.75 Å². The van der Waals surface area contributed by atoms with Crippen LogP contribution in [0.1, 0.15) is 6.92 Å². The fourth-order valence-corrected chi connectivity index (χ4v) is 1.46. The molecule has 0 bridgehead atoms. The first kappa shape index (κ1) is 11.0. The van der Waals surface area contributed by atoms with Crippen molar-refractivity contribution in [3.8, 4) is 17.7 Å². The van der Waals surface area contributed by atoms with E-state index >= 15 is 0 Å². The zero-order chi connectivity index (χ0) is 12.4. The Morgan fingerprint density at radius 2 is 2.29 bits per heavy atom. The molecule has 2 N–H and O–H groups in total. The maximum Gasteiger partial charge on any atom is 0.170 e. The van der Waals surface area contributed by atoms with Crippen molar-refractivity contribution in [1.82, 2.24) is 0 Å². The second-order valence-electron chi connectivity index (χ2n) is 3.32. The monoisotopic (exact) mass is 232 g/mol. The van der Waals surface area contributed by atoms with E-state index < -0.39 is 5.82 Å². The molecule has 0 aliphatic carbocycles. The summed E-state index contributed by atoms with van der Waals surface area (Å²) in [7, 11) is 0. The quantitative estimate of drug-likeness (QED) is 0.454. The van der Waals surface area contributed by atoms with E-state index in [-0.39, 0.29) is 17.1 Å². The first-order valence-corrected chi connectivity index (χ1v) is 4.81. The molecule has 17 heavy (non-hydrogen) atoms. The summed E-state index contributed by atoms with van der Waals surface area (Å²) < 4.78 is 18.4. The summed E-state index contributed by atoms with van der Waals surface area (Å²) >= 11 is 0. The third-order valence-corrected chi connectivity index (χ3v) is 2.23. The summed E-state index contributed by atoms with van der Waals surface area (Å²) in [6, 6.07) is 5.25. The van der Waals surface area contributed by atoms with Crippen LogP contribution in [0.4, 0.5) is 15.8 Å². The number of ether oxygens (including phenoxy) is 1. The average Bonchev–Trinajstić information content (AvgIpc) is 2.32. The Kier molecular flexibility index (Phi) is 2.71. The topological polar surface area (TPSA) is 55.6 Å². The smallest absolute Gasteiger partial charge is 0.170 e. The number of benzene rings is 1. The predicted molar refractivity (Wildman–Crippen MR) is 61.5 cm³/mol. The zero-order valence-electron chi connectivity index (χ0n) is 9.03. The van der Waals surface area contributed by atoms with Gasteiger partial charge in [-0.15, -0.1) is 0 Å². The molecule has 4 nitrogen and oxygen atoms in total. The Bertz CT molecular complexity index is 570. The van der Waals surface area contributed by atoms with Crippen LogP contribution >= 0.6 is 0 Å². The highest BCUT2D eigenvalue weighted by Gasteiger charge is 2.21. The molecule has 0 fully saturated rings. The minimum atomic E-state index is -0.573. The van der Waals surface area contributed by atoms with Gasteiger partial charge < -0.3 is 10.5 Å². The molecule has 1 aliphatic rings. The number of nitrogen functional groups attached to an aromatic ring is 1. The van der Waals surface area contributed by atoms with Crippen molar-refractivity contribution in [2.24, 2.45) is 0 Å². The number of rotatable bonds is 1. The highest BCUT2D eigenvalue weighted by atomic mass is 19.1. The van der Waals surface area contributed by atoms with Crippen molar-refractivity contribution in [2.75, 3.05) is 10.6 Å². The second-order valence-corrected chi connectivity index (χ2v) is 3.32. The lowest BCUT2D eigenvalue weighted by atomic mass is 10.2. The number of nitrogens with zero attached hydrogens (tertiary/aromatic N) is 1. The van der Waals surface area contributed by atoms with E-state index in [1.807, 2.05) is 0 Å². The van der Waals surface area contributed by atoms with Crippen molar-refractivity contribution in [2.45, 2.75) is 6.92 Å².